The maximum atomic E-state index is 9.13. The molecule has 0 saturated heterocycles. The average molecular weight is 263 g/mol. The van der Waals surface area contributed by atoms with Crippen LogP contribution in [0.5, 0.6) is 0 Å². The molecule has 0 aromatic heterocycles. The first-order chi connectivity index (χ1) is 9.15. The van der Waals surface area contributed by atoms with E-state index in [1.165, 1.54) is 51.7 Å². The Hall–Kier alpha value is -0.590. The SMILES string of the molecule is CNC(C)(C#N)CCCCN(CC1CC1)CC1CC1. The van der Waals surface area contributed by atoms with E-state index in [0.29, 0.717) is 0 Å². The molecule has 0 radical (unpaired) electrons. The van der Waals surface area contributed by atoms with Crippen LogP contribution < -0.4 is 5.32 Å². The molecule has 0 heterocycles. The van der Waals surface area contributed by atoms with Crippen LogP contribution in [-0.4, -0.2) is 37.1 Å². The molecule has 19 heavy (non-hydrogen) atoms. The Kier molecular flexibility index (Phi) is 5.24. The van der Waals surface area contributed by atoms with Crippen LogP contribution in [0.3, 0.4) is 0 Å². The van der Waals surface area contributed by atoms with Crippen molar-refractivity contribution < 1.29 is 0 Å². The van der Waals surface area contributed by atoms with E-state index >= 15 is 0 Å². The highest BCUT2D eigenvalue weighted by Gasteiger charge is 2.29. The van der Waals surface area contributed by atoms with Gasteiger partial charge in [0.05, 0.1) is 6.07 Å². The second-order valence-corrected chi connectivity index (χ2v) is 6.80. The molecule has 2 saturated carbocycles. The van der Waals surface area contributed by atoms with Gasteiger partial charge >= 0.3 is 0 Å². The van der Waals surface area contributed by atoms with Crippen LogP contribution in [0.4, 0.5) is 0 Å². The third-order valence-electron chi connectivity index (χ3n) is 4.63. The second-order valence-electron chi connectivity index (χ2n) is 6.80. The van der Waals surface area contributed by atoms with Crippen molar-refractivity contribution in [2.45, 2.75) is 57.4 Å². The van der Waals surface area contributed by atoms with E-state index in [1.54, 1.807) is 0 Å². The Balaban J connectivity index is 1.62. The van der Waals surface area contributed by atoms with E-state index in [2.05, 4.69) is 16.3 Å². The average Bonchev–Trinajstić information content (AvgIpc) is 3.30. The van der Waals surface area contributed by atoms with Crippen molar-refractivity contribution in [3.63, 3.8) is 0 Å². The van der Waals surface area contributed by atoms with E-state index in [4.69, 9.17) is 5.26 Å². The third kappa shape index (κ3) is 5.50. The van der Waals surface area contributed by atoms with Gasteiger partial charge in [-0.2, -0.15) is 5.26 Å². The zero-order chi connectivity index (χ0) is 13.7. The fourth-order valence-corrected chi connectivity index (χ4v) is 2.64. The minimum atomic E-state index is -0.336. The molecule has 0 amide bonds. The molecule has 1 unspecified atom stereocenters. The van der Waals surface area contributed by atoms with Gasteiger partial charge < -0.3 is 10.2 Å². The number of nitriles is 1. The van der Waals surface area contributed by atoms with Crippen molar-refractivity contribution in [1.29, 1.82) is 5.26 Å². The van der Waals surface area contributed by atoms with Crippen molar-refractivity contribution in [3.8, 4) is 6.07 Å². The van der Waals surface area contributed by atoms with Crippen LogP contribution in [0.25, 0.3) is 0 Å². The smallest absolute Gasteiger partial charge is 0.103 e. The normalized spacial score (nSPS) is 22.2. The topological polar surface area (TPSA) is 39.1 Å². The minimum Gasteiger partial charge on any atom is -0.303 e. The minimum absolute atomic E-state index is 0.336. The highest BCUT2D eigenvalue weighted by molar-refractivity contribution is 5.02. The van der Waals surface area contributed by atoms with Gasteiger partial charge in [0, 0.05) is 13.1 Å². The van der Waals surface area contributed by atoms with E-state index in [-0.39, 0.29) is 5.54 Å². The molecular weight excluding hydrogens is 234 g/mol. The summed E-state index contributed by atoms with van der Waals surface area (Å²) in [6, 6.07) is 2.38. The molecular formula is C16H29N3. The van der Waals surface area contributed by atoms with Gasteiger partial charge in [0.2, 0.25) is 0 Å². The van der Waals surface area contributed by atoms with E-state index in [1.807, 2.05) is 14.0 Å². The van der Waals surface area contributed by atoms with E-state index in [0.717, 1.165) is 24.7 Å². The predicted octanol–water partition coefficient (Wildman–Crippen LogP) is 2.78. The number of nitrogens with one attached hydrogen (secondary N) is 1. The second kappa shape index (κ2) is 6.72. The fourth-order valence-electron chi connectivity index (χ4n) is 2.64. The zero-order valence-electron chi connectivity index (χ0n) is 12.6. The fraction of sp³-hybridized carbons (Fsp3) is 0.938. The van der Waals surface area contributed by atoms with Gasteiger partial charge in [0.1, 0.15) is 5.54 Å². The van der Waals surface area contributed by atoms with Gasteiger partial charge in [-0.15, -0.1) is 0 Å². The zero-order valence-corrected chi connectivity index (χ0v) is 12.6. The molecule has 0 bridgehead atoms. The summed E-state index contributed by atoms with van der Waals surface area (Å²) in [4.78, 5) is 2.69. The van der Waals surface area contributed by atoms with Crippen LogP contribution in [0.1, 0.15) is 51.9 Å². The van der Waals surface area contributed by atoms with Gasteiger partial charge in [0.15, 0.2) is 0 Å². The number of nitrogens with zero attached hydrogens (tertiary/aromatic N) is 2. The summed E-state index contributed by atoms with van der Waals surface area (Å²) in [6.07, 6.45) is 9.15. The maximum Gasteiger partial charge on any atom is 0.103 e. The van der Waals surface area contributed by atoms with E-state index in [9.17, 15) is 0 Å². The highest BCUT2D eigenvalue weighted by Crippen LogP contribution is 2.33. The molecule has 0 aromatic carbocycles. The lowest BCUT2D eigenvalue weighted by molar-refractivity contribution is 0.244. The molecule has 1 atom stereocenters. The Bertz CT molecular complexity index is 300. The van der Waals surface area contributed by atoms with Crippen LogP contribution >= 0.6 is 0 Å². The van der Waals surface area contributed by atoms with E-state index < -0.39 is 0 Å². The lowest BCUT2D eigenvalue weighted by atomic mass is 9.97. The molecule has 2 fully saturated rings. The predicted molar refractivity (Wildman–Crippen MR) is 78.8 cm³/mol. The number of rotatable bonds is 10. The molecule has 108 valence electrons. The van der Waals surface area contributed by atoms with Gasteiger partial charge in [-0.25, -0.2) is 0 Å². The van der Waals surface area contributed by atoms with Crippen molar-refractivity contribution >= 4 is 0 Å². The monoisotopic (exact) mass is 263 g/mol. The quantitative estimate of drug-likeness (QED) is 0.616. The third-order valence-corrected chi connectivity index (χ3v) is 4.63. The van der Waals surface area contributed by atoms with Crippen molar-refractivity contribution in [2.75, 3.05) is 26.7 Å². The molecule has 2 aliphatic carbocycles. The molecule has 0 spiro atoms. The Morgan fingerprint density at radius 3 is 2.16 bits per heavy atom. The molecule has 3 heteroatoms. The maximum absolute atomic E-state index is 9.13. The largest absolute Gasteiger partial charge is 0.303 e. The molecule has 3 nitrogen and oxygen atoms in total. The summed E-state index contributed by atoms with van der Waals surface area (Å²) in [5.41, 5.74) is -0.336. The Morgan fingerprint density at radius 2 is 1.74 bits per heavy atom. The summed E-state index contributed by atoms with van der Waals surface area (Å²) < 4.78 is 0. The Labute approximate surface area is 118 Å². The molecule has 1 N–H and O–H groups in total. The lowest BCUT2D eigenvalue weighted by Gasteiger charge is -2.24. The van der Waals surface area contributed by atoms with Crippen molar-refractivity contribution in [3.05, 3.63) is 0 Å². The van der Waals surface area contributed by atoms with Crippen molar-refractivity contribution in [2.24, 2.45) is 11.8 Å². The Morgan fingerprint density at radius 1 is 1.16 bits per heavy atom. The summed E-state index contributed by atoms with van der Waals surface area (Å²) >= 11 is 0. The summed E-state index contributed by atoms with van der Waals surface area (Å²) in [5.74, 6) is 2.00. The van der Waals surface area contributed by atoms with Gasteiger partial charge in [0.25, 0.3) is 0 Å². The molecule has 2 aliphatic rings. The number of hydrogen-bond donors (Lipinski definition) is 1. The summed E-state index contributed by atoms with van der Waals surface area (Å²) in [6.45, 7) is 5.90. The van der Waals surface area contributed by atoms with Gasteiger partial charge in [-0.05, 0) is 77.3 Å². The van der Waals surface area contributed by atoms with Crippen LogP contribution in [-0.2, 0) is 0 Å². The highest BCUT2D eigenvalue weighted by atomic mass is 15.1. The van der Waals surface area contributed by atoms with Gasteiger partial charge in [-0.1, -0.05) is 0 Å². The first-order valence-corrected chi connectivity index (χ1v) is 7.98. The first kappa shape index (κ1) is 14.8. The van der Waals surface area contributed by atoms with Crippen molar-refractivity contribution in [1.82, 2.24) is 10.2 Å². The molecule has 0 aliphatic heterocycles. The standard InChI is InChI=1S/C16H29N3/c1-16(13-17,18-2)9-3-4-10-19(11-14-5-6-14)12-15-7-8-15/h14-15,18H,3-12H2,1-2H3. The van der Waals surface area contributed by atoms with Crippen LogP contribution in [0.2, 0.25) is 0 Å². The number of unbranched alkanes of at least 4 members (excludes halogenated alkanes) is 1. The first-order valence-electron chi connectivity index (χ1n) is 7.98. The lowest BCUT2D eigenvalue weighted by Crippen LogP contribution is -2.38. The van der Waals surface area contributed by atoms with Crippen LogP contribution in [0, 0.1) is 23.2 Å². The molecule has 0 aromatic rings. The number of hydrogen-bond acceptors (Lipinski definition) is 3. The van der Waals surface area contributed by atoms with Gasteiger partial charge in [-0.3, -0.25) is 0 Å². The summed E-state index contributed by atoms with van der Waals surface area (Å²) in [5, 5.41) is 12.3. The summed E-state index contributed by atoms with van der Waals surface area (Å²) in [7, 11) is 1.88. The van der Waals surface area contributed by atoms with Crippen LogP contribution in [0.15, 0.2) is 0 Å². The molecule has 2 rings (SSSR count).